The van der Waals surface area contributed by atoms with Crippen molar-refractivity contribution in [2.75, 3.05) is 20.6 Å². The molecule has 1 atom stereocenters. The fourth-order valence-electron chi connectivity index (χ4n) is 3.03. The van der Waals surface area contributed by atoms with Gasteiger partial charge >= 0.3 is 0 Å². The lowest BCUT2D eigenvalue weighted by Gasteiger charge is -2.24. The highest BCUT2D eigenvalue weighted by Crippen LogP contribution is 2.23. The van der Waals surface area contributed by atoms with Crippen LogP contribution in [-0.4, -0.2) is 36.4 Å². The van der Waals surface area contributed by atoms with Crippen LogP contribution in [-0.2, 0) is 0 Å². The number of pyridine rings is 1. The summed E-state index contributed by atoms with van der Waals surface area (Å²) in [6, 6.07) is 12.0. The number of fused-ring (bicyclic) bond motifs is 1. The molecule has 1 amide bonds. The van der Waals surface area contributed by atoms with Crippen molar-refractivity contribution in [2.45, 2.75) is 25.8 Å². The van der Waals surface area contributed by atoms with Gasteiger partial charge in [0.1, 0.15) is 0 Å². The van der Waals surface area contributed by atoms with Crippen molar-refractivity contribution in [1.82, 2.24) is 15.2 Å². The van der Waals surface area contributed by atoms with Crippen LogP contribution in [0, 0.1) is 0 Å². The minimum Gasteiger partial charge on any atom is -0.350 e. The quantitative estimate of drug-likeness (QED) is 0.700. The molecule has 0 saturated carbocycles. The molecule has 0 radical (unpaired) electrons. The molecular formula is C21H25N3OS. The van der Waals surface area contributed by atoms with Crippen molar-refractivity contribution in [2.24, 2.45) is 0 Å². The average molecular weight is 368 g/mol. The van der Waals surface area contributed by atoms with Crippen LogP contribution in [0.4, 0.5) is 0 Å². The van der Waals surface area contributed by atoms with Crippen LogP contribution in [0.25, 0.3) is 10.9 Å². The summed E-state index contributed by atoms with van der Waals surface area (Å²) in [6.07, 6.45) is 0. The molecule has 0 saturated heterocycles. The average Bonchev–Trinajstić information content (AvgIpc) is 3.14. The molecule has 2 heterocycles. The van der Waals surface area contributed by atoms with Crippen molar-refractivity contribution in [3.8, 4) is 0 Å². The number of para-hydroxylation sites is 1. The SMILES string of the molecule is CC(C)c1cc(C(=O)NC[C@@H](c2ccsc2)N(C)C)c2ccccc2n1. The summed E-state index contributed by atoms with van der Waals surface area (Å²) in [6.45, 7) is 4.76. The van der Waals surface area contributed by atoms with E-state index in [0.717, 1.165) is 16.6 Å². The highest BCUT2D eigenvalue weighted by Gasteiger charge is 2.18. The Morgan fingerprint density at radius 1 is 1.23 bits per heavy atom. The lowest BCUT2D eigenvalue weighted by molar-refractivity contribution is 0.0943. The maximum Gasteiger partial charge on any atom is 0.252 e. The molecule has 136 valence electrons. The molecule has 0 aliphatic carbocycles. The number of amides is 1. The predicted octanol–water partition coefficient (Wildman–Crippen LogP) is 4.45. The largest absolute Gasteiger partial charge is 0.350 e. The molecule has 0 spiro atoms. The normalized spacial score (nSPS) is 12.7. The van der Waals surface area contributed by atoms with E-state index in [2.05, 4.69) is 40.9 Å². The summed E-state index contributed by atoms with van der Waals surface area (Å²) in [7, 11) is 4.07. The third-order valence-electron chi connectivity index (χ3n) is 4.58. The maximum absolute atomic E-state index is 13.0. The fourth-order valence-corrected chi connectivity index (χ4v) is 3.73. The minimum atomic E-state index is -0.0485. The summed E-state index contributed by atoms with van der Waals surface area (Å²) < 4.78 is 0. The van der Waals surface area contributed by atoms with E-state index in [4.69, 9.17) is 4.98 Å². The number of aromatic nitrogens is 1. The first-order valence-electron chi connectivity index (χ1n) is 8.83. The Morgan fingerprint density at radius 2 is 2.00 bits per heavy atom. The van der Waals surface area contributed by atoms with Crippen molar-refractivity contribution < 1.29 is 4.79 Å². The van der Waals surface area contributed by atoms with Crippen LogP contribution in [0.1, 0.15) is 47.4 Å². The Balaban J connectivity index is 1.87. The van der Waals surface area contributed by atoms with Gasteiger partial charge in [0.15, 0.2) is 0 Å². The van der Waals surface area contributed by atoms with Gasteiger partial charge in [-0.3, -0.25) is 9.78 Å². The Hall–Kier alpha value is -2.24. The van der Waals surface area contributed by atoms with E-state index >= 15 is 0 Å². The number of likely N-dealkylation sites (N-methyl/N-ethyl adjacent to an activating group) is 1. The van der Waals surface area contributed by atoms with Gasteiger partial charge in [-0.2, -0.15) is 11.3 Å². The Bertz CT molecular complexity index is 887. The Morgan fingerprint density at radius 3 is 2.65 bits per heavy atom. The van der Waals surface area contributed by atoms with Crippen LogP contribution in [0.2, 0.25) is 0 Å². The van der Waals surface area contributed by atoms with Crippen LogP contribution in [0.15, 0.2) is 47.2 Å². The second kappa shape index (κ2) is 7.98. The molecule has 1 aromatic carbocycles. The van der Waals surface area contributed by atoms with Crippen molar-refractivity contribution >= 4 is 28.1 Å². The number of nitrogens with zero attached hydrogens (tertiary/aromatic N) is 2. The van der Waals surface area contributed by atoms with Gasteiger partial charge in [-0.1, -0.05) is 32.0 Å². The molecule has 26 heavy (non-hydrogen) atoms. The van der Waals surface area contributed by atoms with Gasteiger partial charge in [0.05, 0.1) is 17.1 Å². The van der Waals surface area contributed by atoms with Crippen LogP contribution in [0.3, 0.4) is 0 Å². The fraction of sp³-hybridized carbons (Fsp3) is 0.333. The number of nitrogens with one attached hydrogen (secondary N) is 1. The van der Waals surface area contributed by atoms with Crippen molar-refractivity contribution in [3.05, 3.63) is 64.0 Å². The van der Waals surface area contributed by atoms with Gasteiger partial charge in [-0.15, -0.1) is 0 Å². The van der Waals surface area contributed by atoms with E-state index in [0.29, 0.717) is 12.1 Å². The number of carbonyl (C=O) groups excluding carboxylic acids is 1. The van der Waals surface area contributed by atoms with Gasteiger partial charge in [-0.25, -0.2) is 0 Å². The zero-order valence-corrected chi connectivity index (χ0v) is 16.5. The summed E-state index contributed by atoms with van der Waals surface area (Å²) in [4.78, 5) is 19.8. The number of hydrogen-bond acceptors (Lipinski definition) is 4. The monoisotopic (exact) mass is 367 g/mol. The van der Waals surface area contributed by atoms with E-state index in [9.17, 15) is 4.79 Å². The van der Waals surface area contributed by atoms with Gasteiger partial charge in [-0.05, 0) is 54.5 Å². The third-order valence-corrected chi connectivity index (χ3v) is 5.28. The van der Waals surface area contributed by atoms with Crippen LogP contribution in [0.5, 0.6) is 0 Å². The number of benzene rings is 1. The summed E-state index contributed by atoms with van der Waals surface area (Å²) in [5.41, 5.74) is 3.73. The molecule has 0 unspecified atom stereocenters. The zero-order chi connectivity index (χ0) is 18.7. The lowest BCUT2D eigenvalue weighted by Crippen LogP contribution is -2.34. The number of thiophene rings is 1. The maximum atomic E-state index is 13.0. The first kappa shape index (κ1) is 18.5. The number of rotatable bonds is 6. The van der Waals surface area contributed by atoms with Gasteiger partial charge in [0, 0.05) is 17.6 Å². The summed E-state index contributed by atoms with van der Waals surface area (Å²) in [5.74, 6) is 0.221. The molecule has 1 N–H and O–H groups in total. The molecule has 0 bridgehead atoms. The molecule has 3 rings (SSSR count). The van der Waals surface area contributed by atoms with E-state index in [1.165, 1.54) is 5.56 Å². The van der Waals surface area contributed by atoms with E-state index in [1.54, 1.807) is 11.3 Å². The Kier molecular flexibility index (Phi) is 5.69. The predicted molar refractivity (Wildman–Crippen MR) is 109 cm³/mol. The number of hydrogen-bond donors (Lipinski definition) is 1. The topological polar surface area (TPSA) is 45.2 Å². The molecule has 3 aromatic rings. The molecular weight excluding hydrogens is 342 g/mol. The van der Waals surface area contributed by atoms with E-state index in [-0.39, 0.29) is 17.9 Å². The van der Waals surface area contributed by atoms with Gasteiger partial charge in [0.2, 0.25) is 0 Å². The molecule has 2 aromatic heterocycles. The molecule has 0 fully saturated rings. The first-order chi connectivity index (χ1) is 12.5. The third kappa shape index (κ3) is 3.94. The summed E-state index contributed by atoms with van der Waals surface area (Å²) >= 11 is 1.68. The van der Waals surface area contributed by atoms with Crippen molar-refractivity contribution in [1.29, 1.82) is 0 Å². The smallest absolute Gasteiger partial charge is 0.252 e. The summed E-state index contributed by atoms with van der Waals surface area (Å²) in [5, 5.41) is 8.22. The molecule has 4 nitrogen and oxygen atoms in total. The highest BCUT2D eigenvalue weighted by molar-refractivity contribution is 7.07. The van der Waals surface area contributed by atoms with Gasteiger partial charge in [0.25, 0.3) is 5.91 Å². The minimum absolute atomic E-state index is 0.0485. The zero-order valence-electron chi connectivity index (χ0n) is 15.7. The van der Waals surface area contributed by atoms with Crippen LogP contribution >= 0.6 is 11.3 Å². The second-order valence-electron chi connectivity index (χ2n) is 7.01. The van der Waals surface area contributed by atoms with Crippen LogP contribution < -0.4 is 5.32 Å². The van der Waals surface area contributed by atoms with E-state index < -0.39 is 0 Å². The molecule has 0 aliphatic rings. The second-order valence-corrected chi connectivity index (χ2v) is 7.79. The lowest BCUT2D eigenvalue weighted by atomic mass is 10.0. The van der Waals surface area contributed by atoms with E-state index in [1.807, 2.05) is 44.4 Å². The Labute approximate surface area is 158 Å². The first-order valence-corrected chi connectivity index (χ1v) is 9.78. The van der Waals surface area contributed by atoms with Crippen molar-refractivity contribution in [3.63, 3.8) is 0 Å². The van der Waals surface area contributed by atoms with Gasteiger partial charge < -0.3 is 10.2 Å². The highest BCUT2D eigenvalue weighted by atomic mass is 32.1. The standard InChI is InChI=1S/C21H25N3OS/c1-14(2)19-11-17(16-7-5-6-8-18(16)23-19)21(25)22-12-20(24(3)4)15-9-10-26-13-15/h5-11,13-14,20H,12H2,1-4H3,(H,22,25)/t20-/m0/s1. The molecule has 5 heteroatoms. The number of carbonyl (C=O) groups is 1. The molecule has 0 aliphatic heterocycles.